The number of carbonyl (C=O) groups is 1. The molecule has 1 aliphatic rings. The number of anilines is 1. The van der Waals surface area contributed by atoms with Crippen LogP contribution in [0.15, 0.2) is 54.0 Å². The van der Waals surface area contributed by atoms with Crippen molar-refractivity contribution in [3.63, 3.8) is 0 Å². The van der Waals surface area contributed by atoms with Gasteiger partial charge in [-0.2, -0.15) is 0 Å². The first-order chi connectivity index (χ1) is 16.0. The van der Waals surface area contributed by atoms with Crippen molar-refractivity contribution in [3.05, 3.63) is 69.9 Å². The molecular weight excluding hydrogens is 479 g/mol. The van der Waals surface area contributed by atoms with Crippen LogP contribution >= 0.6 is 34.5 Å². The Labute approximate surface area is 205 Å². The molecule has 0 spiro atoms. The number of nitrogens with one attached hydrogen (secondary N) is 1. The van der Waals surface area contributed by atoms with Crippen molar-refractivity contribution in [2.24, 2.45) is 0 Å². The van der Waals surface area contributed by atoms with Gasteiger partial charge in [-0.25, -0.2) is 14.1 Å². The van der Waals surface area contributed by atoms with Gasteiger partial charge in [0, 0.05) is 16.5 Å². The third-order valence-electron chi connectivity index (χ3n) is 5.66. The van der Waals surface area contributed by atoms with E-state index in [2.05, 4.69) is 14.9 Å². The molecule has 33 heavy (non-hydrogen) atoms. The van der Waals surface area contributed by atoms with E-state index in [-0.39, 0.29) is 12.5 Å². The highest BCUT2D eigenvalue weighted by atomic mass is 35.5. The second kappa shape index (κ2) is 9.17. The first-order valence-corrected chi connectivity index (χ1v) is 12.1. The average molecular weight is 500 g/mol. The van der Waals surface area contributed by atoms with E-state index in [9.17, 15) is 4.79 Å². The smallest absolute Gasteiger partial charge is 0.268 e. The molecule has 0 aliphatic carbocycles. The highest BCUT2D eigenvalue weighted by molar-refractivity contribution is 7.14. The lowest BCUT2D eigenvalue weighted by atomic mass is 10.1. The molecule has 2 aromatic heterocycles. The summed E-state index contributed by atoms with van der Waals surface area (Å²) in [4.78, 5) is 17.4. The normalized spacial score (nSPS) is 12.6. The van der Waals surface area contributed by atoms with E-state index in [4.69, 9.17) is 27.9 Å². The van der Waals surface area contributed by atoms with E-state index in [1.54, 1.807) is 13.2 Å². The zero-order valence-electron chi connectivity index (χ0n) is 17.8. The number of amides is 1. The molecule has 4 aromatic rings. The molecule has 0 radical (unpaired) electrons. The van der Waals surface area contributed by atoms with Crippen molar-refractivity contribution in [1.29, 1.82) is 0 Å². The molecule has 1 aliphatic heterocycles. The number of imidazole rings is 1. The molecule has 3 heterocycles. The molecule has 168 valence electrons. The first kappa shape index (κ1) is 21.9. The number of halogens is 2. The number of fused-ring (bicyclic) bond motifs is 1. The summed E-state index contributed by atoms with van der Waals surface area (Å²) in [6.07, 6.45) is 3.98. The zero-order valence-corrected chi connectivity index (χ0v) is 20.2. The molecule has 0 atom stereocenters. The second-order valence-electron chi connectivity index (χ2n) is 7.76. The van der Waals surface area contributed by atoms with Gasteiger partial charge in [0.25, 0.3) is 11.7 Å². The van der Waals surface area contributed by atoms with Gasteiger partial charge in [0.05, 0.1) is 35.8 Å². The largest absolute Gasteiger partial charge is 0.497 e. The molecule has 0 saturated heterocycles. The van der Waals surface area contributed by atoms with Crippen LogP contribution in [0.1, 0.15) is 12.2 Å². The second-order valence-corrected chi connectivity index (χ2v) is 9.43. The van der Waals surface area contributed by atoms with Crippen molar-refractivity contribution in [3.8, 4) is 28.3 Å². The topological polar surface area (TPSA) is 60.0 Å². The number of hydrogen-bond donors (Lipinski definition) is 1. The van der Waals surface area contributed by atoms with Crippen LogP contribution in [0.25, 0.3) is 22.5 Å². The van der Waals surface area contributed by atoms with Gasteiger partial charge in [-0.05, 0) is 48.9 Å². The van der Waals surface area contributed by atoms with Crippen LogP contribution in [0, 0.1) is 0 Å². The van der Waals surface area contributed by atoms with E-state index in [1.807, 2.05) is 52.5 Å². The quantitative estimate of drug-likeness (QED) is 0.358. The van der Waals surface area contributed by atoms with Crippen molar-refractivity contribution >= 4 is 45.6 Å². The molecule has 1 N–H and O–H groups in total. The Hall–Kier alpha value is -2.87. The van der Waals surface area contributed by atoms with Gasteiger partial charge in [0.15, 0.2) is 17.4 Å². The Balaban J connectivity index is 1.32. The lowest BCUT2D eigenvalue weighted by molar-refractivity contribution is -0.690. The predicted octanol–water partition coefficient (Wildman–Crippen LogP) is 5.47. The van der Waals surface area contributed by atoms with Crippen LogP contribution in [-0.2, 0) is 24.3 Å². The number of thiazole rings is 1. The highest BCUT2D eigenvalue weighted by Gasteiger charge is 2.30. The number of hydrogen-bond acceptors (Lipinski definition) is 4. The molecule has 0 fully saturated rings. The van der Waals surface area contributed by atoms with Crippen LogP contribution in [0.2, 0.25) is 10.0 Å². The lowest BCUT2D eigenvalue weighted by Gasteiger charge is -2.01. The number of aromatic nitrogens is 3. The SMILES string of the molecule is COc1ccc(-c2csc(NC(=O)C[n+]3cc(-c4ccc(Cl)c(Cl)c4)n4c3CCC4)n2)cc1. The number of rotatable bonds is 6. The summed E-state index contributed by atoms with van der Waals surface area (Å²) in [5, 5.41) is 6.49. The molecule has 5 rings (SSSR count). The first-order valence-electron chi connectivity index (χ1n) is 10.5. The Kier molecular flexibility index (Phi) is 6.10. The number of carbonyl (C=O) groups excluding carboxylic acids is 1. The number of benzene rings is 2. The van der Waals surface area contributed by atoms with E-state index in [1.165, 1.54) is 11.3 Å². The van der Waals surface area contributed by atoms with Gasteiger partial charge >= 0.3 is 0 Å². The maximum Gasteiger partial charge on any atom is 0.268 e. The van der Waals surface area contributed by atoms with Crippen molar-refractivity contribution in [1.82, 2.24) is 9.55 Å². The molecule has 1 amide bonds. The standard InChI is InChI=1S/C24H20Cl2N4O2S/c1-32-17-7-4-15(5-8-17)20-14-33-24(27-20)28-22(31)13-29-12-21(30-10-2-3-23(29)30)16-6-9-18(25)19(26)11-16/h4-9,11-12,14H,2-3,10,13H2,1H3/p+1. The van der Waals surface area contributed by atoms with E-state index >= 15 is 0 Å². The zero-order chi connectivity index (χ0) is 22.9. The van der Waals surface area contributed by atoms with Crippen LogP contribution in [-0.4, -0.2) is 22.6 Å². The molecule has 0 bridgehead atoms. The van der Waals surface area contributed by atoms with Crippen molar-refractivity contribution in [2.45, 2.75) is 25.9 Å². The van der Waals surface area contributed by atoms with Gasteiger partial charge < -0.3 is 4.74 Å². The molecule has 6 nitrogen and oxygen atoms in total. The minimum Gasteiger partial charge on any atom is -0.497 e. The van der Waals surface area contributed by atoms with Crippen LogP contribution in [0.5, 0.6) is 5.75 Å². The molecule has 9 heteroatoms. The minimum absolute atomic E-state index is 0.114. The Bertz CT molecular complexity index is 1330. The monoisotopic (exact) mass is 499 g/mol. The fourth-order valence-corrected chi connectivity index (χ4v) is 5.10. The number of methoxy groups -OCH3 is 1. The fourth-order valence-electron chi connectivity index (χ4n) is 4.07. The molecule has 0 saturated carbocycles. The lowest BCUT2D eigenvalue weighted by Crippen LogP contribution is -2.42. The van der Waals surface area contributed by atoms with E-state index in [0.717, 1.165) is 53.5 Å². The fraction of sp³-hybridized carbons (Fsp3) is 0.208. The summed E-state index contributed by atoms with van der Waals surface area (Å²) in [6.45, 7) is 1.13. The van der Waals surface area contributed by atoms with Crippen LogP contribution in [0.3, 0.4) is 0 Å². The minimum atomic E-state index is -0.114. The molecule has 0 unspecified atom stereocenters. The summed E-state index contributed by atoms with van der Waals surface area (Å²) in [5.41, 5.74) is 3.80. The maximum absolute atomic E-state index is 12.8. The summed E-state index contributed by atoms with van der Waals surface area (Å²) >= 11 is 13.7. The third kappa shape index (κ3) is 4.49. The highest BCUT2D eigenvalue weighted by Crippen LogP contribution is 2.31. The average Bonchev–Trinajstić information content (AvgIpc) is 3.54. The van der Waals surface area contributed by atoms with E-state index in [0.29, 0.717) is 15.2 Å². The Morgan fingerprint density at radius 3 is 2.73 bits per heavy atom. The van der Waals surface area contributed by atoms with Gasteiger partial charge in [0.2, 0.25) is 0 Å². The van der Waals surface area contributed by atoms with Gasteiger partial charge in [-0.1, -0.05) is 23.2 Å². The molecule has 2 aromatic carbocycles. The summed E-state index contributed by atoms with van der Waals surface area (Å²) in [5.74, 6) is 1.81. The summed E-state index contributed by atoms with van der Waals surface area (Å²) in [6, 6.07) is 13.3. The third-order valence-corrected chi connectivity index (χ3v) is 7.16. The van der Waals surface area contributed by atoms with Crippen LogP contribution in [0.4, 0.5) is 5.13 Å². The van der Waals surface area contributed by atoms with E-state index < -0.39 is 0 Å². The van der Waals surface area contributed by atoms with Crippen molar-refractivity contribution < 1.29 is 14.1 Å². The summed E-state index contributed by atoms with van der Waals surface area (Å²) < 4.78 is 9.46. The maximum atomic E-state index is 12.8. The van der Waals surface area contributed by atoms with Crippen molar-refractivity contribution in [2.75, 3.05) is 12.4 Å². The van der Waals surface area contributed by atoms with Gasteiger partial charge in [-0.3, -0.25) is 10.1 Å². The summed E-state index contributed by atoms with van der Waals surface area (Å²) in [7, 11) is 1.64. The number of nitrogens with zero attached hydrogens (tertiary/aromatic N) is 3. The van der Waals surface area contributed by atoms with Crippen LogP contribution < -0.4 is 14.6 Å². The molecular formula is C24H21Cl2N4O2S+. The Morgan fingerprint density at radius 2 is 1.97 bits per heavy atom. The van der Waals surface area contributed by atoms with Gasteiger partial charge in [0.1, 0.15) is 11.9 Å². The Morgan fingerprint density at radius 1 is 1.18 bits per heavy atom. The van der Waals surface area contributed by atoms with Gasteiger partial charge in [-0.15, -0.1) is 11.3 Å². The predicted molar refractivity (Wildman–Crippen MR) is 131 cm³/mol. The number of ether oxygens (including phenoxy) is 1.